The molecule has 4 bridgehead atoms. The molecule has 0 radical (unpaired) electrons. The Hall–Kier alpha value is -7.16. The Morgan fingerprint density at radius 1 is 0.359 bits per heavy atom. The molecule has 0 unspecified atom stereocenters. The summed E-state index contributed by atoms with van der Waals surface area (Å²) in [5.41, 5.74) is 15.7. The van der Waals surface area contributed by atoms with Crippen molar-refractivity contribution in [1.82, 2.24) is 0 Å². The second-order valence-corrected chi connectivity index (χ2v) is 19.3. The number of para-hydroxylation sites is 2. The van der Waals surface area contributed by atoms with Gasteiger partial charge in [0.1, 0.15) is 0 Å². The van der Waals surface area contributed by atoms with Crippen LogP contribution in [0, 0.1) is 23.7 Å². The molecule has 0 aliphatic heterocycles. The summed E-state index contributed by atoms with van der Waals surface area (Å²) in [6, 6.07) is 77.5. The van der Waals surface area contributed by atoms with Crippen LogP contribution in [0.3, 0.4) is 0 Å². The Kier molecular flexibility index (Phi) is 7.90. The lowest BCUT2D eigenvalue weighted by atomic mass is 9.43. The van der Waals surface area contributed by atoms with Gasteiger partial charge in [-0.1, -0.05) is 152 Å². The first-order chi connectivity index (χ1) is 31.7. The molecule has 0 atom stereocenters. The quantitative estimate of drug-likeness (QED) is 0.148. The molecule has 10 aromatic rings. The molecule has 5 aliphatic carbocycles. The molecule has 5 aliphatic rings. The summed E-state index contributed by atoms with van der Waals surface area (Å²) in [5, 5.41) is 7.64. The Morgan fingerprint density at radius 3 is 1.52 bits per heavy atom. The van der Waals surface area contributed by atoms with Gasteiger partial charge in [-0.25, -0.2) is 0 Å². The van der Waals surface area contributed by atoms with Crippen LogP contribution in [0.25, 0.3) is 54.6 Å². The largest absolute Gasteiger partial charge is 0.310 e. The molecule has 0 amide bonds. The van der Waals surface area contributed by atoms with Gasteiger partial charge in [0.2, 0.25) is 0 Å². The third-order valence-electron chi connectivity index (χ3n) is 16.1. The van der Waals surface area contributed by atoms with Crippen molar-refractivity contribution in [3.8, 4) is 22.3 Å². The molecule has 15 rings (SSSR count). The van der Waals surface area contributed by atoms with Crippen LogP contribution in [0.4, 0.5) is 34.1 Å². The zero-order chi connectivity index (χ0) is 41.9. The number of nitrogens with zero attached hydrogens (tertiary/aromatic N) is 2. The summed E-state index contributed by atoms with van der Waals surface area (Å²) >= 11 is 0. The highest BCUT2D eigenvalue weighted by atomic mass is 15.2. The minimum atomic E-state index is 0.0992. The summed E-state index contributed by atoms with van der Waals surface area (Å²) < 4.78 is 0. The summed E-state index contributed by atoms with van der Waals surface area (Å²) in [7, 11) is 0. The Balaban J connectivity index is 0.993. The first-order valence-corrected chi connectivity index (χ1v) is 23.5. The third kappa shape index (κ3) is 5.14. The zero-order valence-electron chi connectivity index (χ0n) is 35.9. The first-order valence-electron chi connectivity index (χ1n) is 23.5. The monoisotopic (exact) mass is 820 g/mol. The van der Waals surface area contributed by atoms with Crippen molar-refractivity contribution in [2.24, 2.45) is 23.7 Å². The van der Waals surface area contributed by atoms with Gasteiger partial charge in [0.05, 0.1) is 17.1 Å². The van der Waals surface area contributed by atoms with Crippen LogP contribution in [0.2, 0.25) is 0 Å². The molecule has 0 saturated heterocycles. The predicted molar refractivity (Wildman–Crippen MR) is 268 cm³/mol. The fourth-order valence-corrected chi connectivity index (χ4v) is 14.0. The van der Waals surface area contributed by atoms with Gasteiger partial charge in [0.25, 0.3) is 0 Å². The number of benzene rings is 10. The van der Waals surface area contributed by atoms with E-state index in [4.69, 9.17) is 0 Å². The maximum atomic E-state index is 2.60. The van der Waals surface area contributed by atoms with E-state index >= 15 is 0 Å². The third-order valence-corrected chi connectivity index (χ3v) is 16.1. The number of hydrogen-bond acceptors (Lipinski definition) is 2. The molecular formula is C62H48N2. The molecule has 1 spiro atoms. The highest BCUT2D eigenvalue weighted by Gasteiger charge is 2.61. The van der Waals surface area contributed by atoms with E-state index in [-0.39, 0.29) is 5.41 Å². The molecule has 10 aromatic carbocycles. The molecule has 64 heavy (non-hydrogen) atoms. The average Bonchev–Trinajstić information content (AvgIpc) is 3.65. The second kappa shape index (κ2) is 13.9. The lowest BCUT2D eigenvalue weighted by Gasteiger charge is -2.61. The van der Waals surface area contributed by atoms with E-state index in [1.165, 1.54) is 109 Å². The standard InChI is InChI=1S/C62H48N2/c1-4-14-42(15-5-1)45-16-12-21-50(39-45)63(48-17-6-2-7-18-48)56-32-28-43-27-31-53-57(33-29-44-26-30-52(56)59(43)60(44)53)64(49-19-8-3-9-20-49)58-25-13-24-55-61(58)51-22-10-11-23-54(51)62(55)46-35-40-34-41(37-46)38-47(62)36-40/h1-33,39-41,46-47H,34-38H2. The minimum Gasteiger partial charge on any atom is -0.310 e. The van der Waals surface area contributed by atoms with Crippen molar-refractivity contribution in [3.05, 3.63) is 217 Å². The predicted octanol–water partition coefficient (Wildman–Crippen LogP) is 16.9. The Bertz CT molecular complexity index is 3380. The normalized spacial score (nSPS) is 21.5. The van der Waals surface area contributed by atoms with Gasteiger partial charge < -0.3 is 9.80 Å². The van der Waals surface area contributed by atoms with Crippen LogP contribution in [-0.4, -0.2) is 0 Å². The van der Waals surface area contributed by atoms with Crippen molar-refractivity contribution < 1.29 is 0 Å². The highest BCUT2D eigenvalue weighted by Crippen LogP contribution is 2.70. The molecule has 0 heterocycles. The molecule has 2 heteroatoms. The van der Waals surface area contributed by atoms with Crippen molar-refractivity contribution in [2.45, 2.75) is 37.5 Å². The summed E-state index contributed by atoms with van der Waals surface area (Å²) in [6.07, 6.45) is 6.98. The van der Waals surface area contributed by atoms with Crippen molar-refractivity contribution in [2.75, 3.05) is 9.80 Å². The number of rotatable bonds is 7. The van der Waals surface area contributed by atoms with Gasteiger partial charge in [-0.15, -0.1) is 0 Å². The van der Waals surface area contributed by atoms with E-state index in [1.54, 1.807) is 11.1 Å². The van der Waals surface area contributed by atoms with Crippen LogP contribution in [-0.2, 0) is 5.41 Å². The van der Waals surface area contributed by atoms with Gasteiger partial charge in [0.15, 0.2) is 0 Å². The van der Waals surface area contributed by atoms with E-state index in [0.717, 1.165) is 23.2 Å². The summed E-state index contributed by atoms with van der Waals surface area (Å²) in [4.78, 5) is 5.04. The van der Waals surface area contributed by atoms with Gasteiger partial charge >= 0.3 is 0 Å². The van der Waals surface area contributed by atoms with E-state index < -0.39 is 0 Å². The van der Waals surface area contributed by atoms with Crippen LogP contribution in [0.15, 0.2) is 206 Å². The highest BCUT2D eigenvalue weighted by molar-refractivity contribution is 6.28. The molecule has 306 valence electrons. The Labute approximate surface area is 375 Å². The van der Waals surface area contributed by atoms with Gasteiger partial charge in [-0.2, -0.15) is 0 Å². The molecular weight excluding hydrogens is 773 g/mol. The van der Waals surface area contributed by atoms with Gasteiger partial charge in [-0.05, 0) is 160 Å². The van der Waals surface area contributed by atoms with Crippen molar-refractivity contribution in [3.63, 3.8) is 0 Å². The lowest BCUT2D eigenvalue weighted by molar-refractivity contribution is -0.0399. The van der Waals surface area contributed by atoms with Crippen LogP contribution in [0.5, 0.6) is 0 Å². The molecule has 2 nitrogen and oxygen atoms in total. The first kappa shape index (κ1) is 36.3. The van der Waals surface area contributed by atoms with E-state index in [9.17, 15) is 0 Å². The van der Waals surface area contributed by atoms with Crippen LogP contribution < -0.4 is 9.80 Å². The molecule has 4 fully saturated rings. The molecule has 0 aromatic heterocycles. The molecule has 4 saturated carbocycles. The SMILES string of the molecule is c1ccc(-c2cccc(N(c3ccccc3)c3ccc4ccc5c(N(c6ccccc6)c6cccc7c6-c6ccccc6C76C7CC8CC(C7)CC6C8)ccc6ccc3c4c65)c2)cc1. The smallest absolute Gasteiger partial charge is 0.0543 e. The topological polar surface area (TPSA) is 6.48 Å². The van der Waals surface area contributed by atoms with E-state index in [1.807, 2.05) is 0 Å². The maximum Gasteiger partial charge on any atom is 0.0543 e. The van der Waals surface area contributed by atoms with Gasteiger partial charge in [-0.3, -0.25) is 0 Å². The zero-order valence-corrected chi connectivity index (χ0v) is 35.9. The van der Waals surface area contributed by atoms with Crippen molar-refractivity contribution >= 4 is 66.4 Å². The summed E-state index contributed by atoms with van der Waals surface area (Å²) in [6.45, 7) is 0. The van der Waals surface area contributed by atoms with Crippen LogP contribution >= 0.6 is 0 Å². The second-order valence-electron chi connectivity index (χ2n) is 19.3. The number of hydrogen-bond donors (Lipinski definition) is 0. The average molecular weight is 821 g/mol. The van der Waals surface area contributed by atoms with Crippen LogP contribution in [0.1, 0.15) is 43.2 Å². The fourth-order valence-electron chi connectivity index (χ4n) is 14.0. The Morgan fingerprint density at radius 2 is 0.859 bits per heavy atom. The van der Waals surface area contributed by atoms with E-state index in [0.29, 0.717) is 11.8 Å². The summed E-state index contributed by atoms with van der Waals surface area (Å²) in [5.74, 6) is 3.24. The number of anilines is 6. The van der Waals surface area contributed by atoms with Crippen molar-refractivity contribution in [1.29, 1.82) is 0 Å². The molecule has 0 N–H and O–H groups in total. The van der Waals surface area contributed by atoms with E-state index in [2.05, 4.69) is 216 Å². The maximum absolute atomic E-state index is 2.60. The number of fused-ring (bicyclic) bond motifs is 3. The fraction of sp³-hybridized carbons (Fsp3) is 0.161. The lowest BCUT2D eigenvalue weighted by Crippen LogP contribution is -2.55. The minimum absolute atomic E-state index is 0.0992. The van der Waals surface area contributed by atoms with Gasteiger partial charge in [0, 0.05) is 38.8 Å².